The molecule has 4 nitrogen and oxygen atoms in total. The third-order valence-electron chi connectivity index (χ3n) is 3.01. The Hall–Kier alpha value is -0.610. The van der Waals surface area contributed by atoms with Gasteiger partial charge in [-0.1, -0.05) is 13.8 Å². The molecular weight excluding hydrogens is 206 g/mol. The van der Waals surface area contributed by atoms with Crippen LogP contribution in [0.2, 0.25) is 0 Å². The number of ether oxygens (including phenoxy) is 1. The number of likely N-dealkylation sites (tertiary alicyclic amines) is 1. The van der Waals surface area contributed by atoms with Gasteiger partial charge in [0.2, 0.25) is 0 Å². The first-order valence-corrected chi connectivity index (χ1v) is 6.16. The van der Waals surface area contributed by atoms with Crippen molar-refractivity contribution in [2.75, 3.05) is 26.3 Å². The Balaban J connectivity index is 2.10. The van der Waals surface area contributed by atoms with Crippen molar-refractivity contribution in [3.8, 4) is 0 Å². The fraction of sp³-hybridized carbons (Fsp3) is 0.917. The molecule has 1 heterocycles. The Labute approximate surface area is 97.6 Å². The normalized spacial score (nSPS) is 21.8. The number of rotatable bonds is 7. The Morgan fingerprint density at radius 3 is 2.88 bits per heavy atom. The van der Waals surface area contributed by atoms with Gasteiger partial charge in [0.1, 0.15) is 6.04 Å². The van der Waals surface area contributed by atoms with Crippen LogP contribution in [0.3, 0.4) is 0 Å². The summed E-state index contributed by atoms with van der Waals surface area (Å²) in [7, 11) is 0. The highest BCUT2D eigenvalue weighted by Gasteiger charge is 2.29. The number of carboxylic acids is 1. The van der Waals surface area contributed by atoms with Crippen LogP contribution in [0, 0.1) is 5.92 Å². The third-order valence-corrected chi connectivity index (χ3v) is 3.01. The molecule has 0 aromatic rings. The first-order chi connectivity index (χ1) is 7.61. The van der Waals surface area contributed by atoms with E-state index >= 15 is 0 Å². The summed E-state index contributed by atoms with van der Waals surface area (Å²) in [5.74, 6) is -0.0294. The summed E-state index contributed by atoms with van der Waals surface area (Å²) in [5, 5.41) is 8.98. The van der Waals surface area contributed by atoms with Gasteiger partial charge in [-0.25, -0.2) is 0 Å². The zero-order valence-electron chi connectivity index (χ0n) is 10.3. The minimum Gasteiger partial charge on any atom is -0.480 e. The van der Waals surface area contributed by atoms with Crippen LogP contribution in [0.4, 0.5) is 0 Å². The minimum atomic E-state index is -0.695. The topological polar surface area (TPSA) is 49.8 Å². The van der Waals surface area contributed by atoms with Crippen LogP contribution in [0.25, 0.3) is 0 Å². The molecular formula is C12H23NO3. The minimum absolute atomic E-state index is 0.284. The van der Waals surface area contributed by atoms with Gasteiger partial charge in [-0.2, -0.15) is 0 Å². The summed E-state index contributed by atoms with van der Waals surface area (Å²) in [6, 6.07) is -0.284. The van der Waals surface area contributed by atoms with Crippen LogP contribution in [0.5, 0.6) is 0 Å². The number of hydrogen-bond donors (Lipinski definition) is 1. The maximum atomic E-state index is 10.9. The average Bonchev–Trinajstić information content (AvgIpc) is 2.65. The predicted octanol–water partition coefficient (Wildman–Crippen LogP) is 1.60. The molecule has 1 unspecified atom stereocenters. The van der Waals surface area contributed by atoms with Gasteiger partial charge in [0.15, 0.2) is 0 Å². The van der Waals surface area contributed by atoms with Crippen molar-refractivity contribution in [1.82, 2.24) is 4.90 Å². The molecule has 1 N–H and O–H groups in total. The van der Waals surface area contributed by atoms with Gasteiger partial charge in [0.05, 0.1) is 6.61 Å². The molecule has 0 bridgehead atoms. The molecule has 16 heavy (non-hydrogen) atoms. The summed E-state index contributed by atoms with van der Waals surface area (Å²) in [6.45, 7) is 7.41. The lowest BCUT2D eigenvalue weighted by atomic mass is 10.1. The molecule has 0 radical (unpaired) electrons. The Kier molecular flexibility index (Phi) is 5.77. The lowest BCUT2D eigenvalue weighted by Crippen LogP contribution is -2.38. The van der Waals surface area contributed by atoms with Crippen molar-refractivity contribution in [3.63, 3.8) is 0 Å². The second-order valence-corrected chi connectivity index (χ2v) is 4.83. The molecule has 1 saturated heterocycles. The fourth-order valence-electron chi connectivity index (χ4n) is 1.98. The number of carboxylic acid groups (broad SMARTS) is 1. The van der Waals surface area contributed by atoms with Crippen LogP contribution in [0.15, 0.2) is 0 Å². The molecule has 1 aliphatic heterocycles. The van der Waals surface area contributed by atoms with E-state index in [4.69, 9.17) is 9.84 Å². The van der Waals surface area contributed by atoms with Gasteiger partial charge < -0.3 is 9.84 Å². The number of aliphatic carboxylic acids is 1. The molecule has 94 valence electrons. The SMILES string of the molecule is CC(C)CCOCCN1CCCC1C(=O)O. The van der Waals surface area contributed by atoms with Crippen molar-refractivity contribution >= 4 is 5.97 Å². The summed E-state index contributed by atoms with van der Waals surface area (Å²) >= 11 is 0. The average molecular weight is 229 g/mol. The van der Waals surface area contributed by atoms with Crippen LogP contribution < -0.4 is 0 Å². The van der Waals surface area contributed by atoms with Crippen LogP contribution in [-0.2, 0) is 9.53 Å². The second kappa shape index (κ2) is 6.86. The highest BCUT2D eigenvalue weighted by molar-refractivity contribution is 5.73. The molecule has 0 aromatic carbocycles. The van der Waals surface area contributed by atoms with E-state index in [0.717, 1.165) is 39.0 Å². The van der Waals surface area contributed by atoms with E-state index in [1.807, 2.05) is 4.90 Å². The number of nitrogens with zero attached hydrogens (tertiary/aromatic N) is 1. The maximum Gasteiger partial charge on any atom is 0.320 e. The zero-order chi connectivity index (χ0) is 12.0. The standard InChI is InChI=1S/C12H23NO3/c1-10(2)5-8-16-9-7-13-6-3-4-11(13)12(14)15/h10-11H,3-9H2,1-2H3,(H,14,15). The van der Waals surface area contributed by atoms with Gasteiger partial charge >= 0.3 is 5.97 Å². The van der Waals surface area contributed by atoms with E-state index in [9.17, 15) is 4.79 Å². The molecule has 1 fully saturated rings. The van der Waals surface area contributed by atoms with Gasteiger partial charge in [-0.05, 0) is 31.7 Å². The molecule has 4 heteroatoms. The quantitative estimate of drug-likeness (QED) is 0.674. The van der Waals surface area contributed by atoms with E-state index in [1.165, 1.54) is 0 Å². The van der Waals surface area contributed by atoms with Crippen molar-refractivity contribution in [2.24, 2.45) is 5.92 Å². The maximum absolute atomic E-state index is 10.9. The fourth-order valence-corrected chi connectivity index (χ4v) is 1.98. The van der Waals surface area contributed by atoms with Crippen LogP contribution in [0.1, 0.15) is 33.1 Å². The molecule has 1 aliphatic rings. The summed E-state index contributed by atoms with van der Waals surface area (Å²) in [6.07, 6.45) is 2.84. The highest BCUT2D eigenvalue weighted by Crippen LogP contribution is 2.16. The van der Waals surface area contributed by atoms with E-state index in [2.05, 4.69) is 13.8 Å². The van der Waals surface area contributed by atoms with Crippen LogP contribution in [-0.4, -0.2) is 48.3 Å². The second-order valence-electron chi connectivity index (χ2n) is 4.83. The molecule has 0 aliphatic carbocycles. The van der Waals surface area contributed by atoms with Crippen molar-refractivity contribution < 1.29 is 14.6 Å². The highest BCUT2D eigenvalue weighted by atomic mass is 16.5. The molecule has 1 rings (SSSR count). The molecule has 1 atom stereocenters. The van der Waals surface area contributed by atoms with Crippen molar-refractivity contribution in [2.45, 2.75) is 39.2 Å². The largest absolute Gasteiger partial charge is 0.480 e. The Morgan fingerprint density at radius 2 is 2.25 bits per heavy atom. The zero-order valence-corrected chi connectivity index (χ0v) is 10.3. The molecule has 0 amide bonds. The first kappa shape index (κ1) is 13.5. The smallest absolute Gasteiger partial charge is 0.320 e. The first-order valence-electron chi connectivity index (χ1n) is 6.16. The summed E-state index contributed by atoms with van der Waals surface area (Å²) < 4.78 is 5.50. The molecule has 0 spiro atoms. The van der Waals surface area contributed by atoms with Crippen molar-refractivity contribution in [1.29, 1.82) is 0 Å². The summed E-state index contributed by atoms with van der Waals surface area (Å²) in [5.41, 5.74) is 0. The van der Waals surface area contributed by atoms with Gasteiger partial charge in [0.25, 0.3) is 0 Å². The van der Waals surface area contributed by atoms with E-state index < -0.39 is 5.97 Å². The van der Waals surface area contributed by atoms with Gasteiger partial charge in [-0.3, -0.25) is 9.69 Å². The number of carbonyl (C=O) groups is 1. The van der Waals surface area contributed by atoms with E-state index in [-0.39, 0.29) is 6.04 Å². The molecule has 0 saturated carbocycles. The van der Waals surface area contributed by atoms with Crippen molar-refractivity contribution in [3.05, 3.63) is 0 Å². The third kappa shape index (κ3) is 4.49. The predicted molar refractivity (Wildman–Crippen MR) is 62.5 cm³/mol. The van der Waals surface area contributed by atoms with Crippen LogP contribution >= 0.6 is 0 Å². The lowest BCUT2D eigenvalue weighted by Gasteiger charge is -2.20. The summed E-state index contributed by atoms with van der Waals surface area (Å²) in [4.78, 5) is 12.9. The lowest BCUT2D eigenvalue weighted by molar-refractivity contribution is -0.142. The molecule has 0 aromatic heterocycles. The van der Waals surface area contributed by atoms with Gasteiger partial charge in [0, 0.05) is 13.2 Å². The van der Waals surface area contributed by atoms with E-state index in [0.29, 0.717) is 12.5 Å². The van der Waals surface area contributed by atoms with Gasteiger partial charge in [-0.15, -0.1) is 0 Å². The van der Waals surface area contributed by atoms with E-state index in [1.54, 1.807) is 0 Å². The monoisotopic (exact) mass is 229 g/mol. The Bertz CT molecular complexity index is 218. The number of hydrogen-bond acceptors (Lipinski definition) is 3. The Morgan fingerprint density at radius 1 is 1.50 bits per heavy atom.